The van der Waals surface area contributed by atoms with Crippen molar-refractivity contribution in [1.82, 2.24) is 10.2 Å². The van der Waals surface area contributed by atoms with Gasteiger partial charge in [-0.25, -0.2) is 9.69 Å². The highest BCUT2D eigenvalue weighted by Gasteiger charge is 2.35. The number of nitrogens with one attached hydrogen (secondary N) is 2. The molecular formula is C26H20BrCl2N3O5. The fourth-order valence-electron chi connectivity index (χ4n) is 3.53. The number of anilines is 1. The van der Waals surface area contributed by atoms with Crippen LogP contribution in [-0.2, 0) is 16.2 Å². The van der Waals surface area contributed by atoms with Gasteiger partial charge in [-0.1, -0.05) is 53.5 Å². The first-order valence-electron chi connectivity index (χ1n) is 10.9. The number of nitrogens with zero attached hydrogens (tertiary/aromatic N) is 1. The van der Waals surface area contributed by atoms with Gasteiger partial charge in [0, 0.05) is 10.6 Å². The van der Waals surface area contributed by atoms with E-state index in [-0.39, 0.29) is 17.3 Å². The molecule has 3 aromatic rings. The molecule has 1 aliphatic rings. The highest BCUT2D eigenvalue weighted by atomic mass is 79.9. The van der Waals surface area contributed by atoms with E-state index in [4.69, 9.17) is 32.7 Å². The Morgan fingerprint density at radius 3 is 2.54 bits per heavy atom. The third-order valence-corrected chi connectivity index (χ3v) is 6.55. The molecule has 0 spiro atoms. The van der Waals surface area contributed by atoms with Gasteiger partial charge in [-0.05, 0) is 57.9 Å². The van der Waals surface area contributed by atoms with Gasteiger partial charge in [0.25, 0.3) is 5.91 Å². The summed E-state index contributed by atoms with van der Waals surface area (Å²) >= 11 is 16.0. The number of carbonyl (C=O) groups is 3. The van der Waals surface area contributed by atoms with E-state index in [1.807, 2.05) is 18.2 Å². The van der Waals surface area contributed by atoms with Gasteiger partial charge in [0.1, 0.15) is 24.6 Å². The van der Waals surface area contributed by atoms with Crippen LogP contribution in [0, 0.1) is 0 Å². The summed E-state index contributed by atoms with van der Waals surface area (Å²) in [5.41, 5.74) is 1.76. The number of ether oxygens (including phenoxy) is 2. The number of para-hydroxylation sites is 2. The Hall–Kier alpha value is -3.53. The predicted octanol–water partition coefficient (Wildman–Crippen LogP) is 5.87. The van der Waals surface area contributed by atoms with Crippen molar-refractivity contribution < 1.29 is 23.9 Å². The Kier molecular flexibility index (Phi) is 8.38. The Morgan fingerprint density at radius 1 is 1.08 bits per heavy atom. The molecule has 11 heteroatoms. The molecule has 2 N–H and O–H groups in total. The molecule has 1 aliphatic heterocycles. The second-order valence-corrected chi connectivity index (χ2v) is 9.49. The van der Waals surface area contributed by atoms with Crippen LogP contribution < -0.4 is 20.1 Å². The van der Waals surface area contributed by atoms with Crippen LogP contribution in [0.4, 0.5) is 10.5 Å². The summed E-state index contributed by atoms with van der Waals surface area (Å²) in [6.45, 7) is -0.266. The number of halogens is 3. The molecule has 1 saturated heterocycles. The van der Waals surface area contributed by atoms with E-state index in [1.165, 1.54) is 13.2 Å². The lowest BCUT2D eigenvalue weighted by molar-refractivity contribution is -0.127. The summed E-state index contributed by atoms with van der Waals surface area (Å²) < 4.78 is 11.6. The smallest absolute Gasteiger partial charge is 0.329 e. The lowest BCUT2D eigenvalue weighted by Crippen LogP contribution is -2.38. The molecular weight excluding hydrogens is 585 g/mol. The minimum atomic E-state index is -0.712. The van der Waals surface area contributed by atoms with Crippen LogP contribution in [0.15, 0.2) is 70.8 Å². The molecule has 4 rings (SSSR count). The highest BCUT2D eigenvalue weighted by Crippen LogP contribution is 2.36. The van der Waals surface area contributed by atoms with Gasteiger partial charge in [-0.15, -0.1) is 0 Å². The molecule has 1 heterocycles. The summed E-state index contributed by atoms with van der Waals surface area (Å²) in [4.78, 5) is 38.6. The van der Waals surface area contributed by atoms with Gasteiger partial charge in [-0.2, -0.15) is 0 Å². The maximum atomic E-state index is 12.8. The Bertz CT molecular complexity index is 1390. The molecule has 4 amide bonds. The average Bonchev–Trinajstić information content (AvgIpc) is 3.12. The van der Waals surface area contributed by atoms with Gasteiger partial charge in [0.2, 0.25) is 5.91 Å². The standard InChI is InChI=1S/C26H20BrCl2N3O5/c1-36-22-9-5-4-8-20(22)30-23(33)13-32-25(34)21(31-26(32)35)12-15-10-17(27)24(19(29)11-15)37-14-16-6-2-3-7-18(16)28/h2-12H,13-14H2,1H3,(H,30,33)(H,31,35)/b21-12+. The van der Waals surface area contributed by atoms with Crippen molar-refractivity contribution in [2.45, 2.75) is 6.61 Å². The molecule has 0 radical (unpaired) electrons. The molecule has 0 unspecified atom stereocenters. The van der Waals surface area contributed by atoms with Crippen LogP contribution >= 0.6 is 39.1 Å². The summed E-state index contributed by atoms with van der Waals surface area (Å²) in [7, 11) is 1.47. The number of methoxy groups -OCH3 is 1. The van der Waals surface area contributed by atoms with Crippen molar-refractivity contribution in [3.8, 4) is 11.5 Å². The number of imide groups is 1. The molecule has 8 nitrogen and oxygen atoms in total. The molecule has 0 bridgehead atoms. The fourth-order valence-corrected chi connectivity index (χ4v) is 4.71. The molecule has 3 aromatic carbocycles. The van der Waals surface area contributed by atoms with Crippen molar-refractivity contribution in [3.63, 3.8) is 0 Å². The number of carbonyl (C=O) groups excluding carboxylic acids is 3. The maximum absolute atomic E-state index is 12.8. The molecule has 190 valence electrons. The van der Waals surface area contributed by atoms with Gasteiger partial charge < -0.3 is 20.1 Å². The van der Waals surface area contributed by atoms with Crippen molar-refractivity contribution in [3.05, 3.63) is 92.0 Å². The van der Waals surface area contributed by atoms with E-state index in [9.17, 15) is 14.4 Å². The average molecular weight is 605 g/mol. The second-order valence-electron chi connectivity index (χ2n) is 7.82. The fraction of sp³-hybridized carbons (Fsp3) is 0.115. The van der Waals surface area contributed by atoms with E-state index < -0.39 is 24.4 Å². The molecule has 0 aromatic heterocycles. The highest BCUT2D eigenvalue weighted by molar-refractivity contribution is 9.10. The molecule has 1 fully saturated rings. The van der Waals surface area contributed by atoms with Crippen molar-refractivity contribution in [2.24, 2.45) is 0 Å². The first kappa shape index (κ1) is 26.5. The zero-order valence-corrected chi connectivity index (χ0v) is 22.5. The first-order chi connectivity index (χ1) is 17.8. The minimum absolute atomic E-state index is 0.00259. The third-order valence-electron chi connectivity index (χ3n) is 5.31. The number of hydrogen-bond donors (Lipinski definition) is 2. The Balaban J connectivity index is 1.45. The number of hydrogen-bond acceptors (Lipinski definition) is 5. The lowest BCUT2D eigenvalue weighted by Gasteiger charge is -2.13. The van der Waals surface area contributed by atoms with Gasteiger partial charge in [0.15, 0.2) is 5.75 Å². The maximum Gasteiger partial charge on any atom is 0.329 e. The van der Waals surface area contributed by atoms with E-state index in [2.05, 4.69) is 26.6 Å². The molecule has 0 saturated carbocycles. The lowest BCUT2D eigenvalue weighted by atomic mass is 10.1. The topological polar surface area (TPSA) is 97.0 Å². The van der Waals surface area contributed by atoms with Gasteiger partial charge in [-0.3, -0.25) is 9.59 Å². The van der Waals surface area contributed by atoms with Crippen LogP contribution in [0.3, 0.4) is 0 Å². The Labute approximate surface area is 231 Å². The summed E-state index contributed by atoms with van der Waals surface area (Å²) in [6, 6.07) is 16.7. The number of benzene rings is 3. The zero-order chi connectivity index (χ0) is 26.5. The Morgan fingerprint density at radius 2 is 1.81 bits per heavy atom. The first-order valence-corrected chi connectivity index (χ1v) is 12.4. The number of rotatable bonds is 8. The van der Waals surface area contributed by atoms with Crippen LogP contribution in [-0.4, -0.2) is 36.4 Å². The number of amides is 4. The van der Waals surface area contributed by atoms with E-state index in [1.54, 1.807) is 42.5 Å². The molecule has 0 atom stereocenters. The summed E-state index contributed by atoms with van der Waals surface area (Å²) in [5, 5.41) is 6.00. The van der Waals surface area contributed by atoms with Crippen molar-refractivity contribution in [1.29, 1.82) is 0 Å². The summed E-state index contributed by atoms with van der Waals surface area (Å²) in [5.74, 6) is -0.345. The normalized spacial score (nSPS) is 14.1. The quantitative estimate of drug-likeness (QED) is 0.247. The van der Waals surface area contributed by atoms with Crippen LogP contribution in [0.5, 0.6) is 11.5 Å². The van der Waals surface area contributed by atoms with E-state index >= 15 is 0 Å². The third kappa shape index (κ3) is 6.25. The van der Waals surface area contributed by atoms with Crippen molar-refractivity contribution >= 4 is 68.7 Å². The number of urea groups is 1. The monoisotopic (exact) mass is 603 g/mol. The second kappa shape index (κ2) is 11.7. The van der Waals surface area contributed by atoms with Crippen LogP contribution in [0.2, 0.25) is 10.0 Å². The van der Waals surface area contributed by atoms with Crippen molar-refractivity contribution in [2.75, 3.05) is 19.0 Å². The molecule has 0 aliphatic carbocycles. The summed E-state index contributed by atoms with van der Waals surface area (Å²) in [6.07, 6.45) is 1.47. The largest absolute Gasteiger partial charge is 0.495 e. The minimum Gasteiger partial charge on any atom is -0.495 e. The van der Waals surface area contributed by atoms with Crippen LogP contribution in [0.25, 0.3) is 6.08 Å². The van der Waals surface area contributed by atoms with Gasteiger partial charge >= 0.3 is 6.03 Å². The SMILES string of the molecule is COc1ccccc1NC(=O)CN1C(=O)N/C(=C/c2cc(Cl)c(OCc3ccccc3Cl)c(Br)c2)C1=O. The zero-order valence-electron chi connectivity index (χ0n) is 19.4. The predicted molar refractivity (Wildman–Crippen MR) is 145 cm³/mol. The van der Waals surface area contributed by atoms with E-state index in [0.29, 0.717) is 32.2 Å². The van der Waals surface area contributed by atoms with Crippen LogP contribution in [0.1, 0.15) is 11.1 Å². The van der Waals surface area contributed by atoms with Gasteiger partial charge in [0.05, 0.1) is 22.3 Å². The molecule has 37 heavy (non-hydrogen) atoms. The van der Waals surface area contributed by atoms with E-state index in [0.717, 1.165) is 10.5 Å².